The fourth-order valence-electron chi connectivity index (χ4n) is 3.56. The summed E-state index contributed by atoms with van der Waals surface area (Å²) in [5.74, 6) is 0. The first kappa shape index (κ1) is 30.6. The Morgan fingerprint density at radius 3 is 1.80 bits per heavy atom. The van der Waals surface area contributed by atoms with Crippen LogP contribution in [-0.2, 0) is 13.9 Å². The molecule has 0 bridgehead atoms. The van der Waals surface area contributed by atoms with Gasteiger partial charge in [0.15, 0.2) is 0 Å². The third kappa shape index (κ3) is 12.6. The topological polar surface area (TPSA) is 27.7 Å². The third-order valence-corrected chi connectivity index (χ3v) is 25.5. The van der Waals surface area contributed by atoms with Crippen LogP contribution < -0.4 is 0 Å². The predicted octanol–water partition coefficient (Wildman–Crippen LogP) is 8.33. The SMILES string of the molecule is CCC[CH2][Sn](/[CH]=C\C(CCO[Si](C)(C)C(C)(C)C)OCOC)([CH2]CCC)[CH2]CCC. The van der Waals surface area contributed by atoms with E-state index in [0.717, 1.165) is 13.0 Å². The monoisotopic (exact) mass is 550 g/mol. The predicted molar refractivity (Wildman–Crippen MR) is 139 cm³/mol. The molecule has 180 valence electrons. The molecule has 0 aliphatic rings. The van der Waals surface area contributed by atoms with Crippen molar-refractivity contribution in [1.82, 2.24) is 0 Å². The zero-order valence-electron chi connectivity index (χ0n) is 21.9. The van der Waals surface area contributed by atoms with E-state index in [1.165, 1.54) is 51.8 Å². The number of hydrogen-bond acceptors (Lipinski definition) is 3. The number of ether oxygens (including phenoxy) is 2. The Kier molecular flexibility index (Phi) is 16.6. The summed E-state index contributed by atoms with van der Waals surface area (Å²) in [6.07, 6.45) is 11.6. The summed E-state index contributed by atoms with van der Waals surface area (Å²) in [6.45, 7) is 19.7. The normalized spacial score (nSPS) is 14.6. The Morgan fingerprint density at radius 1 is 0.900 bits per heavy atom. The third-order valence-electron chi connectivity index (χ3n) is 6.82. The second-order valence-corrected chi connectivity index (χ2v) is 28.4. The average molecular weight is 550 g/mol. The van der Waals surface area contributed by atoms with Gasteiger partial charge in [-0.2, -0.15) is 0 Å². The summed E-state index contributed by atoms with van der Waals surface area (Å²) in [4.78, 5) is 0. The number of unbranched alkanes of at least 4 members (excludes halogenated alkanes) is 3. The van der Waals surface area contributed by atoms with Gasteiger partial charge in [0, 0.05) is 0 Å². The fourth-order valence-corrected chi connectivity index (χ4v) is 19.0. The molecule has 0 aromatic rings. The van der Waals surface area contributed by atoms with Crippen LogP contribution in [0, 0.1) is 0 Å². The van der Waals surface area contributed by atoms with Gasteiger partial charge in [-0.3, -0.25) is 0 Å². The fraction of sp³-hybridized carbons (Fsp3) is 0.920. The van der Waals surface area contributed by atoms with Crippen molar-refractivity contribution in [2.75, 3.05) is 20.5 Å². The van der Waals surface area contributed by atoms with E-state index < -0.39 is 26.7 Å². The van der Waals surface area contributed by atoms with Crippen LogP contribution in [0.3, 0.4) is 0 Å². The molecule has 0 heterocycles. The molecule has 0 amide bonds. The van der Waals surface area contributed by atoms with E-state index in [0.29, 0.717) is 6.79 Å². The van der Waals surface area contributed by atoms with Crippen molar-refractivity contribution in [3.05, 3.63) is 10.2 Å². The van der Waals surface area contributed by atoms with Crippen molar-refractivity contribution in [2.24, 2.45) is 0 Å². The Balaban J connectivity index is 5.29. The van der Waals surface area contributed by atoms with Gasteiger partial charge in [-0.1, -0.05) is 0 Å². The summed E-state index contributed by atoms with van der Waals surface area (Å²) in [5, 5.41) is 0.248. The van der Waals surface area contributed by atoms with Crippen LogP contribution in [0.2, 0.25) is 31.4 Å². The van der Waals surface area contributed by atoms with Crippen LogP contribution in [-0.4, -0.2) is 53.3 Å². The zero-order chi connectivity index (χ0) is 23.1. The van der Waals surface area contributed by atoms with Gasteiger partial charge < -0.3 is 0 Å². The minimum absolute atomic E-state index is 0.107. The van der Waals surface area contributed by atoms with Crippen molar-refractivity contribution >= 4 is 26.7 Å². The molecule has 0 aliphatic heterocycles. The first-order chi connectivity index (χ1) is 14.1. The van der Waals surface area contributed by atoms with Crippen molar-refractivity contribution in [3.8, 4) is 0 Å². The van der Waals surface area contributed by atoms with Crippen LogP contribution in [0.4, 0.5) is 0 Å². The van der Waals surface area contributed by atoms with Crippen LogP contribution >= 0.6 is 0 Å². The molecule has 0 saturated heterocycles. The number of hydrogen-bond donors (Lipinski definition) is 0. The Bertz CT molecular complexity index is 424. The van der Waals surface area contributed by atoms with Gasteiger partial charge in [-0.15, -0.1) is 0 Å². The van der Waals surface area contributed by atoms with Crippen molar-refractivity contribution in [2.45, 2.75) is 124 Å². The van der Waals surface area contributed by atoms with Gasteiger partial charge in [0.2, 0.25) is 0 Å². The maximum atomic E-state index is 6.43. The van der Waals surface area contributed by atoms with E-state index in [9.17, 15) is 0 Å². The number of rotatable bonds is 18. The molecular weight excluding hydrogens is 495 g/mol. The summed E-state index contributed by atoms with van der Waals surface area (Å²) in [6, 6.07) is 0. The number of methoxy groups -OCH3 is 1. The molecule has 0 fully saturated rings. The van der Waals surface area contributed by atoms with Gasteiger partial charge in [0.05, 0.1) is 0 Å². The van der Waals surface area contributed by atoms with Gasteiger partial charge in [0.1, 0.15) is 0 Å². The zero-order valence-corrected chi connectivity index (χ0v) is 25.8. The van der Waals surface area contributed by atoms with E-state index in [-0.39, 0.29) is 11.1 Å². The molecule has 0 aliphatic carbocycles. The van der Waals surface area contributed by atoms with Crippen molar-refractivity contribution in [1.29, 1.82) is 0 Å². The molecule has 0 saturated carbocycles. The van der Waals surface area contributed by atoms with E-state index in [2.05, 4.69) is 64.8 Å². The van der Waals surface area contributed by atoms with Gasteiger partial charge in [-0.25, -0.2) is 0 Å². The first-order valence-corrected chi connectivity index (χ1v) is 23.1. The van der Waals surface area contributed by atoms with E-state index in [1.807, 2.05) is 0 Å². The standard InChI is InChI=1S/C13H27O3Si.3C4H9.Sn/c1-8-12(15-11-14-5)9-10-16-17(6,7)13(2,3)4;3*1-3-4-2;/h1,8,12H,9-11H2,2-7H3;3*1,3-4H2,2H3;. The van der Waals surface area contributed by atoms with Crippen molar-refractivity contribution in [3.63, 3.8) is 0 Å². The molecule has 1 unspecified atom stereocenters. The van der Waals surface area contributed by atoms with Gasteiger partial charge in [-0.05, 0) is 0 Å². The molecule has 0 rings (SSSR count). The van der Waals surface area contributed by atoms with E-state index in [1.54, 1.807) is 7.11 Å². The van der Waals surface area contributed by atoms with Crippen LogP contribution in [0.5, 0.6) is 0 Å². The summed E-state index contributed by atoms with van der Waals surface area (Å²) in [5.41, 5.74) is 0. The molecule has 0 N–H and O–H groups in total. The molecule has 1 atom stereocenters. The Labute approximate surface area is 194 Å². The maximum absolute atomic E-state index is 6.43. The first-order valence-electron chi connectivity index (χ1n) is 12.5. The summed E-state index contributed by atoms with van der Waals surface area (Å²) in [7, 11) is -0.00467. The molecule has 5 heteroatoms. The molecule has 0 aromatic heterocycles. The van der Waals surface area contributed by atoms with Gasteiger partial charge in [0.25, 0.3) is 0 Å². The quantitative estimate of drug-likeness (QED) is 0.127. The Morgan fingerprint density at radius 2 is 1.40 bits per heavy atom. The molecule has 3 nitrogen and oxygen atoms in total. The molecule has 0 aromatic carbocycles. The molecular formula is C25H54O3SiSn. The summed E-state index contributed by atoms with van der Waals surface area (Å²) >= 11 is -2.28. The Hall–Kier alpha value is 0.636. The van der Waals surface area contributed by atoms with Crippen LogP contribution in [0.15, 0.2) is 10.2 Å². The molecule has 0 radical (unpaired) electrons. The second kappa shape index (κ2) is 16.3. The minimum atomic E-state index is -2.28. The van der Waals surface area contributed by atoms with Crippen LogP contribution in [0.1, 0.15) is 86.5 Å². The van der Waals surface area contributed by atoms with Crippen LogP contribution in [0.25, 0.3) is 0 Å². The second-order valence-electron chi connectivity index (χ2n) is 10.5. The average Bonchev–Trinajstić information content (AvgIpc) is 2.69. The van der Waals surface area contributed by atoms with E-state index in [4.69, 9.17) is 13.9 Å². The molecule has 30 heavy (non-hydrogen) atoms. The van der Waals surface area contributed by atoms with Crippen molar-refractivity contribution < 1.29 is 13.9 Å². The van der Waals surface area contributed by atoms with Gasteiger partial charge >= 0.3 is 195 Å². The summed E-state index contributed by atoms with van der Waals surface area (Å²) < 4.78 is 24.9. The van der Waals surface area contributed by atoms with E-state index >= 15 is 0 Å². The molecule has 0 spiro atoms.